The molecule has 1 aromatic heterocycles. The first-order valence-corrected chi connectivity index (χ1v) is 16.0. The smallest absolute Gasteiger partial charge is 0.337 e. The van der Waals surface area contributed by atoms with Gasteiger partial charge < -0.3 is 23.9 Å². The van der Waals surface area contributed by atoms with Gasteiger partial charge in [0.15, 0.2) is 0 Å². The second-order valence-electron chi connectivity index (χ2n) is 11.8. The first kappa shape index (κ1) is 32.3. The lowest BCUT2D eigenvalue weighted by atomic mass is 9.96. The van der Waals surface area contributed by atoms with Crippen LogP contribution in [0.2, 0.25) is 0 Å². The first-order chi connectivity index (χ1) is 23.4. The Morgan fingerprint density at radius 3 is 2.25 bits per heavy atom. The summed E-state index contributed by atoms with van der Waals surface area (Å²) in [4.78, 5) is 37.1. The average molecular weight is 644 g/mol. The number of ether oxygens (including phenoxy) is 3. The van der Waals surface area contributed by atoms with Crippen LogP contribution in [0.1, 0.15) is 63.2 Å². The molecule has 0 saturated heterocycles. The molecule has 6 rings (SSSR count). The van der Waals surface area contributed by atoms with Gasteiger partial charge in [0.1, 0.15) is 5.75 Å². The Balaban J connectivity index is 1.41. The van der Waals surface area contributed by atoms with E-state index in [1.54, 1.807) is 36.4 Å². The van der Waals surface area contributed by atoms with Crippen LogP contribution in [0.15, 0.2) is 103 Å². The molecule has 5 aromatic rings. The number of rotatable bonds is 12. The van der Waals surface area contributed by atoms with Gasteiger partial charge in [0.25, 0.3) is 0 Å². The van der Waals surface area contributed by atoms with Crippen molar-refractivity contribution in [2.75, 3.05) is 20.8 Å². The van der Waals surface area contributed by atoms with Gasteiger partial charge in [0.2, 0.25) is 0 Å². The summed E-state index contributed by atoms with van der Waals surface area (Å²) >= 11 is 0. The maximum Gasteiger partial charge on any atom is 0.337 e. The summed E-state index contributed by atoms with van der Waals surface area (Å²) in [6.45, 7) is 0.882. The van der Waals surface area contributed by atoms with Crippen LogP contribution in [0.5, 0.6) is 5.75 Å². The molecule has 0 atom stereocenters. The van der Waals surface area contributed by atoms with Gasteiger partial charge in [0.05, 0.1) is 37.5 Å². The maximum atomic E-state index is 12.9. The lowest BCUT2D eigenvalue weighted by Gasteiger charge is -2.15. The summed E-state index contributed by atoms with van der Waals surface area (Å²) in [7, 11) is 2.75. The largest absolute Gasteiger partial charge is 0.494 e. The molecule has 0 amide bonds. The monoisotopic (exact) mass is 643 g/mol. The van der Waals surface area contributed by atoms with Crippen molar-refractivity contribution in [2.24, 2.45) is 0 Å². The summed E-state index contributed by atoms with van der Waals surface area (Å²) in [5.41, 5.74) is 8.29. The quantitative estimate of drug-likeness (QED) is 0.109. The number of hydrogen-bond donors (Lipinski definition) is 1. The van der Waals surface area contributed by atoms with Gasteiger partial charge in [-0.15, -0.1) is 0 Å². The van der Waals surface area contributed by atoms with Gasteiger partial charge in [-0.3, -0.25) is 0 Å². The molecule has 4 aromatic carbocycles. The van der Waals surface area contributed by atoms with E-state index >= 15 is 0 Å². The zero-order chi connectivity index (χ0) is 33.6. The minimum atomic E-state index is -1.00. The van der Waals surface area contributed by atoms with Crippen LogP contribution >= 0.6 is 0 Å². The molecule has 0 spiro atoms. The fourth-order valence-electron chi connectivity index (χ4n) is 6.56. The molecule has 1 aliphatic carbocycles. The second-order valence-corrected chi connectivity index (χ2v) is 11.8. The van der Waals surface area contributed by atoms with Crippen molar-refractivity contribution >= 4 is 34.4 Å². The van der Waals surface area contributed by atoms with E-state index in [9.17, 15) is 19.5 Å². The predicted octanol–water partition coefficient (Wildman–Crippen LogP) is 7.96. The lowest BCUT2D eigenvalue weighted by molar-refractivity contribution is -0.136. The molecule has 1 heterocycles. The maximum absolute atomic E-state index is 12.9. The number of benzene rings is 4. The molecular weight excluding hydrogens is 606 g/mol. The van der Waals surface area contributed by atoms with E-state index in [0.717, 1.165) is 57.3 Å². The minimum Gasteiger partial charge on any atom is -0.494 e. The van der Waals surface area contributed by atoms with Crippen molar-refractivity contribution in [1.82, 2.24) is 4.57 Å². The van der Waals surface area contributed by atoms with Crippen molar-refractivity contribution in [3.63, 3.8) is 0 Å². The number of carboxylic acids is 1. The predicted molar refractivity (Wildman–Crippen MR) is 184 cm³/mol. The molecule has 8 heteroatoms. The SMILES string of the molecule is COC(=O)C1=C(c2c(CCCOc3cccc(C(=O)OC)c3)n(Cc3ccc(-c4ccccc4)cc3)c3cc(C(=O)O)ccc23)CCC1. The molecule has 1 N–H and O–H groups in total. The van der Waals surface area contributed by atoms with Crippen LogP contribution in [0.25, 0.3) is 27.6 Å². The van der Waals surface area contributed by atoms with Gasteiger partial charge >= 0.3 is 17.9 Å². The Hall–Kier alpha value is -5.63. The summed E-state index contributed by atoms with van der Waals surface area (Å²) in [5.74, 6) is -1.20. The van der Waals surface area contributed by atoms with E-state index < -0.39 is 11.9 Å². The zero-order valence-corrected chi connectivity index (χ0v) is 27.0. The lowest BCUT2D eigenvalue weighted by Crippen LogP contribution is -2.10. The number of aromatic nitrogens is 1. The number of carboxylic acid groups (broad SMARTS) is 1. The van der Waals surface area contributed by atoms with E-state index in [4.69, 9.17) is 14.2 Å². The Labute approximate surface area is 279 Å². The highest BCUT2D eigenvalue weighted by atomic mass is 16.5. The highest BCUT2D eigenvalue weighted by Gasteiger charge is 2.29. The number of aromatic carboxylic acids is 1. The number of methoxy groups -OCH3 is 2. The van der Waals surface area contributed by atoms with E-state index in [1.165, 1.54) is 14.2 Å². The normalized spacial score (nSPS) is 12.7. The number of esters is 2. The highest BCUT2D eigenvalue weighted by Crippen LogP contribution is 2.42. The molecule has 48 heavy (non-hydrogen) atoms. The number of hydrogen-bond acceptors (Lipinski definition) is 6. The highest BCUT2D eigenvalue weighted by molar-refractivity contribution is 6.06. The molecule has 1 aliphatic rings. The fraction of sp³-hybridized carbons (Fsp3) is 0.225. The second kappa shape index (κ2) is 14.4. The van der Waals surface area contributed by atoms with Crippen molar-refractivity contribution in [3.8, 4) is 16.9 Å². The van der Waals surface area contributed by atoms with Gasteiger partial charge in [-0.2, -0.15) is 0 Å². The number of carbonyl (C=O) groups is 3. The van der Waals surface area contributed by atoms with E-state index in [-0.39, 0.29) is 11.5 Å². The molecule has 0 bridgehead atoms. The van der Waals surface area contributed by atoms with Gasteiger partial charge in [-0.1, -0.05) is 66.7 Å². The molecule has 8 nitrogen and oxygen atoms in total. The minimum absolute atomic E-state index is 0.196. The van der Waals surface area contributed by atoms with E-state index in [1.807, 2.05) is 24.3 Å². The van der Waals surface area contributed by atoms with E-state index in [2.05, 4.69) is 41.0 Å². The average Bonchev–Trinajstić information content (AvgIpc) is 3.72. The molecular formula is C40H37NO7. The van der Waals surface area contributed by atoms with Crippen LogP contribution in [0.3, 0.4) is 0 Å². The number of nitrogens with zero attached hydrogens (tertiary/aromatic N) is 1. The third-order valence-electron chi connectivity index (χ3n) is 8.85. The molecule has 0 fully saturated rings. The van der Waals surface area contributed by atoms with Gasteiger partial charge in [-0.05, 0) is 84.7 Å². The van der Waals surface area contributed by atoms with Crippen LogP contribution in [-0.2, 0) is 27.2 Å². The third kappa shape index (κ3) is 6.74. The molecule has 0 radical (unpaired) electrons. The summed E-state index contributed by atoms with van der Waals surface area (Å²) < 4.78 is 18.3. The van der Waals surface area contributed by atoms with Crippen molar-refractivity contribution in [1.29, 1.82) is 0 Å². The van der Waals surface area contributed by atoms with Crippen LogP contribution in [0, 0.1) is 0 Å². The molecule has 0 unspecified atom stereocenters. The Morgan fingerprint density at radius 2 is 1.52 bits per heavy atom. The summed E-state index contributed by atoms with van der Waals surface area (Å²) in [6, 6.07) is 30.7. The zero-order valence-electron chi connectivity index (χ0n) is 27.0. The standard InChI is InChI=1S/C40H37NO7/c1-46-39(44)30-11-6-12-31(23-30)48-22-8-15-35-37(32-13-7-14-33(32)40(45)47-2)34-21-20-29(38(42)43)24-36(34)41(35)25-26-16-18-28(19-17-26)27-9-4-3-5-10-27/h3-6,9-12,16-21,23-24H,7-8,13-15,22,25H2,1-2H3,(H,42,43). The van der Waals surface area contributed by atoms with Gasteiger partial charge in [-0.25, -0.2) is 14.4 Å². The Morgan fingerprint density at radius 1 is 0.771 bits per heavy atom. The topological polar surface area (TPSA) is 104 Å². The Kier molecular flexibility index (Phi) is 9.71. The summed E-state index contributed by atoms with van der Waals surface area (Å²) in [5, 5.41) is 10.8. The Bertz CT molecular complexity index is 2010. The molecule has 0 aliphatic heterocycles. The fourth-order valence-corrected chi connectivity index (χ4v) is 6.56. The van der Waals surface area contributed by atoms with Crippen LogP contribution < -0.4 is 4.74 Å². The van der Waals surface area contributed by atoms with Crippen LogP contribution in [0.4, 0.5) is 0 Å². The molecule has 0 saturated carbocycles. The van der Waals surface area contributed by atoms with Gasteiger partial charge in [0, 0.05) is 28.8 Å². The first-order valence-electron chi connectivity index (χ1n) is 16.0. The van der Waals surface area contributed by atoms with Crippen molar-refractivity contribution < 1.29 is 33.7 Å². The van der Waals surface area contributed by atoms with E-state index in [0.29, 0.717) is 49.3 Å². The molecule has 244 valence electrons. The van der Waals surface area contributed by atoms with Crippen LogP contribution in [-0.4, -0.2) is 48.4 Å². The number of fused-ring (bicyclic) bond motifs is 1. The van der Waals surface area contributed by atoms with Crippen molar-refractivity contribution in [2.45, 2.75) is 38.6 Å². The number of carbonyl (C=O) groups excluding carboxylic acids is 2. The van der Waals surface area contributed by atoms with Crippen molar-refractivity contribution in [3.05, 3.63) is 131 Å². The number of allylic oxidation sites excluding steroid dienone is 1. The third-order valence-corrected chi connectivity index (χ3v) is 8.85. The summed E-state index contributed by atoms with van der Waals surface area (Å²) in [6.07, 6.45) is 3.41.